The fourth-order valence-corrected chi connectivity index (χ4v) is 7.23. The first-order valence-corrected chi connectivity index (χ1v) is 14.5. The molecule has 4 rings (SSSR count). The molecule has 1 aliphatic rings. The van der Waals surface area contributed by atoms with E-state index in [1.165, 1.54) is 41.5 Å². The zero-order valence-corrected chi connectivity index (χ0v) is 23.0. The quantitative estimate of drug-likeness (QED) is 0.404. The molecule has 1 aliphatic carbocycles. The van der Waals surface area contributed by atoms with E-state index in [0.717, 1.165) is 51.9 Å². The van der Waals surface area contributed by atoms with E-state index in [2.05, 4.69) is 16.4 Å². The number of ether oxygens (including phenoxy) is 2. The van der Waals surface area contributed by atoms with Gasteiger partial charge in [-0.15, -0.1) is 23.1 Å². The molecule has 192 valence electrons. The number of thioether (sulfide) groups is 1. The fourth-order valence-electron chi connectivity index (χ4n) is 4.17. The highest BCUT2D eigenvalue weighted by Gasteiger charge is 2.26. The normalized spacial score (nSPS) is 13.6. The van der Waals surface area contributed by atoms with Crippen LogP contribution in [0.2, 0.25) is 0 Å². The van der Waals surface area contributed by atoms with E-state index in [0.29, 0.717) is 28.5 Å². The molecule has 2 amide bonds. The maximum absolute atomic E-state index is 12.6. The number of nitrogens with one attached hydrogen (secondary N) is 1. The second-order valence-corrected chi connectivity index (χ2v) is 11.6. The van der Waals surface area contributed by atoms with E-state index in [-0.39, 0.29) is 23.3 Å². The SMILES string of the molecule is COCCn1c(=NC(=O)CSCC(=O)Nc2sc3c(c2C(=O)OC)CCCC3)sc2cc(C)ccc21. The third-order valence-electron chi connectivity index (χ3n) is 5.85. The lowest BCUT2D eigenvalue weighted by Gasteiger charge is -2.11. The number of rotatable bonds is 9. The van der Waals surface area contributed by atoms with Crippen molar-refractivity contribution >= 4 is 67.4 Å². The van der Waals surface area contributed by atoms with Crippen LogP contribution in [0.15, 0.2) is 23.2 Å². The summed E-state index contributed by atoms with van der Waals surface area (Å²) in [5, 5.41) is 3.40. The number of esters is 1. The Balaban J connectivity index is 1.41. The average molecular weight is 548 g/mol. The minimum Gasteiger partial charge on any atom is -0.465 e. The predicted molar refractivity (Wildman–Crippen MR) is 145 cm³/mol. The first-order chi connectivity index (χ1) is 17.4. The highest BCUT2D eigenvalue weighted by molar-refractivity contribution is 8.00. The minimum atomic E-state index is -0.424. The monoisotopic (exact) mass is 547 g/mol. The number of anilines is 1. The van der Waals surface area contributed by atoms with E-state index in [1.807, 2.05) is 23.6 Å². The highest BCUT2D eigenvalue weighted by Crippen LogP contribution is 2.38. The first kappa shape index (κ1) is 26.6. The average Bonchev–Trinajstić information content (AvgIpc) is 3.38. The van der Waals surface area contributed by atoms with Crippen LogP contribution < -0.4 is 10.1 Å². The van der Waals surface area contributed by atoms with E-state index >= 15 is 0 Å². The van der Waals surface area contributed by atoms with Crippen LogP contribution in [0.25, 0.3) is 10.2 Å². The molecule has 2 aromatic heterocycles. The van der Waals surface area contributed by atoms with E-state index in [4.69, 9.17) is 9.47 Å². The van der Waals surface area contributed by atoms with Gasteiger partial charge in [-0.2, -0.15) is 4.99 Å². The standard InChI is InChI=1S/C25H29N3O5S3/c1-15-8-9-17-19(12-15)36-25(28(17)10-11-32-2)27-21(30)14-34-13-20(29)26-23-22(24(31)33-3)16-6-4-5-7-18(16)35-23/h8-9,12H,4-7,10-11,13-14H2,1-3H3,(H,26,29). The molecule has 11 heteroatoms. The number of thiazole rings is 1. The Bertz CT molecular complexity index is 1350. The Labute approximate surface area is 221 Å². The van der Waals surface area contributed by atoms with Crippen molar-refractivity contribution in [2.75, 3.05) is 37.6 Å². The number of hydrogen-bond acceptors (Lipinski definition) is 8. The molecule has 0 aliphatic heterocycles. The zero-order chi connectivity index (χ0) is 25.7. The third-order valence-corrected chi connectivity index (χ3v) is 9.02. The van der Waals surface area contributed by atoms with Crippen molar-refractivity contribution in [3.63, 3.8) is 0 Å². The fraction of sp³-hybridized carbons (Fsp3) is 0.440. The van der Waals surface area contributed by atoms with Gasteiger partial charge in [0.1, 0.15) is 5.00 Å². The van der Waals surface area contributed by atoms with Crippen molar-refractivity contribution < 1.29 is 23.9 Å². The molecule has 1 aromatic carbocycles. The molecule has 0 spiro atoms. The van der Waals surface area contributed by atoms with Gasteiger partial charge in [-0.1, -0.05) is 17.4 Å². The topological polar surface area (TPSA) is 99.0 Å². The number of amides is 2. The predicted octanol–water partition coefficient (Wildman–Crippen LogP) is 4.18. The summed E-state index contributed by atoms with van der Waals surface area (Å²) in [4.78, 5) is 43.7. The lowest BCUT2D eigenvalue weighted by atomic mass is 9.95. The lowest BCUT2D eigenvalue weighted by Crippen LogP contribution is -2.20. The Hall–Kier alpha value is -2.47. The molecule has 0 atom stereocenters. The van der Waals surface area contributed by atoms with Crippen molar-refractivity contribution in [1.29, 1.82) is 0 Å². The van der Waals surface area contributed by atoms with Crippen LogP contribution in [0.1, 0.15) is 39.2 Å². The van der Waals surface area contributed by atoms with Crippen LogP contribution in [-0.2, 0) is 38.4 Å². The second-order valence-electron chi connectivity index (χ2n) is 8.45. The minimum absolute atomic E-state index is 0.0791. The number of methoxy groups -OCH3 is 2. The number of carbonyl (C=O) groups excluding carboxylic acids is 3. The van der Waals surface area contributed by atoms with Crippen LogP contribution in [-0.4, -0.2) is 54.7 Å². The van der Waals surface area contributed by atoms with E-state index in [9.17, 15) is 14.4 Å². The van der Waals surface area contributed by atoms with Gasteiger partial charge in [0.25, 0.3) is 5.91 Å². The maximum atomic E-state index is 12.6. The largest absolute Gasteiger partial charge is 0.465 e. The van der Waals surface area contributed by atoms with Gasteiger partial charge in [0.05, 0.1) is 41.0 Å². The van der Waals surface area contributed by atoms with E-state index in [1.54, 1.807) is 7.11 Å². The summed E-state index contributed by atoms with van der Waals surface area (Å²) in [6, 6.07) is 6.15. The first-order valence-electron chi connectivity index (χ1n) is 11.7. The Morgan fingerprint density at radius 2 is 1.94 bits per heavy atom. The molecule has 0 unspecified atom stereocenters. The van der Waals surface area contributed by atoms with Gasteiger partial charge in [0.15, 0.2) is 4.80 Å². The summed E-state index contributed by atoms with van der Waals surface area (Å²) in [6.07, 6.45) is 3.83. The van der Waals surface area contributed by atoms with E-state index < -0.39 is 5.97 Å². The second kappa shape index (κ2) is 12.2. The van der Waals surface area contributed by atoms with Crippen molar-refractivity contribution in [2.24, 2.45) is 4.99 Å². The van der Waals surface area contributed by atoms with Crippen LogP contribution in [0.5, 0.6) is 0 Å². The van der Waals surface area contributed by atoms with Gasteiger partial charge >= 0.3 is 5.97 Å². The number of hydrogen-bond donors (Lipinski definition) is 1. The maximum Gasteiger partial charge on any atom is 0.341 e. The molecular weight excluding hydrogens is 518 g/mol. The lowest BCUT2D eigenvalue weighted by molar-refractivity contribution is -0.115. The summed E-state index contributed by atoms with van der Waals surface area (Å²) in [7, 11) is 2.99. The number of nitrogens with zero attached hydrogens (tertiary/aromatic N) is 2. The Morgan fingerprint density at radius 1 is 1.14 bits per heavy atom. The molecule has 36 heavy (non-hydrogen) atoms. The van der Waals surface area contributed by atoms with Gasteiger partial charge in [0.2, 0.25) is 5.91 Å². The van der Waals surface area contributed by atoms with Crippen molar-refractivity contribution in [3.05, 3.63) is 44.6 Å². The van der Waals surface area contributed by atoms with Crippen molar-refractivity contribution in [2.45, 2.75) is 39.2 Å². The number of carbonyl (C=O) groups is 3. The van der Waals surface area contributed by atoms with Crippen LogP contribution in [0, 0.1) is 6.92 Å². The molecule has 0 bridgehead atoms. The number of aryl methyl sites for hydroxylation is 2. The highest BCUT2D eigenvalue weighted by atomic mass is 32.2. The molecular formula is C25H29N3O5S3. The Kier molecular flexibility index (Phi) is 9.00. The van der Waals surface area contributed by atoms with Gasteiger partial charge in [0, 0.05) is 18.5 Å². The number of thiophene rings is 1. The zero-order valence-electron chi connectivity index (χ0n) is 20.5. The van der Waals surface area contributed by atoms with Crippen LogP contribution in [0.4, 0.5) is 5.00 Å². The molecule has 0 fully saturated rings. The summed E-state index contributed by atoms with van der Waals surface area (Å²) in [5.41, 5.74) is 3.63. The molecule has 0 radical (unpaired) electrons. The summed E-state index contributed by atoms with van der Waals surface area (Å²) < 4.78 is 13.2. The number of aromatic nitrogens is 1. The van der Waals surface area contributed by atoms with Crippen molar-refractivity contribution in [3.8, 4) is 0 Å². The van der Waals surface area contributed by atoms with Gasteiger partial charge in [-0.25, -0.2) is 4.79 Å². The Morgan fingerprint density at radius 3 is 2.72 bits per heavy atom. The molecule has 2 heterocycles. The van der Waals surface area contributed by atoms with Gasteiger partial charge < -0.3 is 19.4 Å². The van der Waals surface area contributed by atoms with Crippen LogP contribution in [0.3, 0.4) is 0 Å². The van der Waals surface area contributed by atoms with Gasteiger partial charge in [-0.05, 0) is 55.9 Å². The molecule has 3 aromatic rings. The molecule has 1 N–H and O–H groups in total. The summed E-state index contributed by atoms with van der Waals surface area (Å²) >= 11 is 4.11. The molecule has 0 saturated carbocycles. The van der Waals surface area contributed by atoms with Crippen molar-refractivity contribution in [1.82, 2.24) is 4.57 Å². The molecule has 8 nitrogen and oxygen atoms in total. The van der Waals surface area contributed by atoms with Crippen LogP contribution >= 0.6 is 34.4 Å². The number of benzene rings is 1. The molecule has 0 saturated heterocycles. The smallest absolute Gasteiger partial charge is 0.341 e. The number of fused-ring (bicyclic) bond motifs is 2. The van der Waals surface area contributed by atoms with Gasteiger partial charge in [-0.3, -0.25) is 9.59 Å². The third kappa shape index (κ3) is 6.08. The summed E-state index contributed by atoms with van der Waals surface area (Å²) in [6.45, 7) is 3.13. The summed E-state index contributed by atoms with van der Waals surface area (Å²) in [5.74, 6) is -0.824.